The molecular formula is C45H25F2N5O. The minimum absolute atomic E-state index is 0.283. The van der Waals surface area contributed by atoms with Crippen molar-refractivity contribution >= 4 is 65.8 Å². The third-order valence-electron chi connectivity index (χ3n) is 10.2. The molecule has 0 saturated heterocycles. The molecule has 5 aromatic carbocycles. The van der Waals surface area contributed by atoms with Crippen LogP contribution in [0.5, 0.6) is 0 Å². The molecular weight excluding hydrogens is 665 g/mol. The molecule has 8 heteroatoms. The summed E-state index contributed by atoms with van der Waals surface area (Å²) in [5.41, 5.74) is 10.9. The van der Waals surface area contributed by atoms with Gasteiger partial charge in [0.2, 0.25) is 0 Å². The SMILES string of the molecule is Fc1cc(F)c(-c2ccc3c(c2)c2ncccc2n3-c2ccc3c(c2)c2ncccc2n3-c2ccc3oc4ccccc4c3c2)c(-c2ccccn2)c1. The lowest BCUT2D eigenvalue weighted by Gasteiger charge is -2.12. The van der Waals surface area contributed by atoms with Crippen LogP contribution in [0.25, 0.3) is 99.6 Å². The molecule has 0 aliphatic heterocycles. The number of pyridine rings is 3. The predicted molar refractivity (Wildman–Crippen MR) is 207 cm³/mol. The minimum Gasteiger partial charge on any atom is -0.456 e. The zero-order valence-electron chi connectivity index (χ0n) is 27.8. The summed E-state index contributed by atoms with van der Waals surface area (Å²) in [6.07, 6.45) is 5.20. The van der Waals surface area contributed by atoms with Gasteiger partial charge in [0, 0.05) is 68.7 Å². The van der Waals surface area contributed by atoms with Gasteiger partial charge in [-0.05, 0) is 103 Å². The third kappa shape index (κ3) is 4.39. The summed E-state index contributed by atoms with van der Waals surface area (Å²) in [7, 11) is 0. The first-order valence-electron chi connectivity index (χ1n) is 17.2. The van der Waals surface area contributed by atoms with E-state index in [0.717, 1.165) is 83.3 Å². The van der Waals surface area contributed by atoms with Gasteiger partial charge in [-0.15, -0.1) is 0 Å². The number of hydrogen-bond donors (Lipinski definition) is 0. The second kappa shape index (κ2) is 11.2. The monoisotopic (exact) mass is 689 g/mol. The van der Waals surface area contributed by atoms with Crippen molar-refractivity contribution in [2.45, 2.75) is 0 Å². The van der Waals surface area contributed by atoms with Crippen LogP contribution in [-0.2, 0) is 0 Å². The Hall–Kier alpha value is -7.19. The number of halogens is 2. The number of hydrogen-bond acceptors (Lipinski definition) is 4. The lowest BCUT2D eigenvalue weighted by molar-refractivity contribution is 0.586. The number of furan rings is 1. The quantitative estimate of drug-likeness (QED) is 0.185. The molecule has 0 fully saturated rings. The maximum Gasteiger partial charge on any atom is 0.135 e. The van der Waals surface area contributed by atoms with Gasteiger partial charge in [-0.3, -0.25) is 15.0 Å². The molecule has 6 aromatic heterocycles. The lowest BCUT2D eigenvalue weighted by atomic mass is 9.95. The number of para-hydroxylation sites is 1. The normalized spacial score (nSPS) is 12.0. The molecule has 11 rings (SSSR count). The second-order valence-electron chi connectivity index (χ2n) is 13.2. The summed E-state index contributed by atoms with van der Waals surface area (Å²) in [4.78, 5) is 14.1. The van der Waals surface area contributed by atoms with Gasteiger partial charge in [0.25, 0.3) is 0 Å². The molecule has 0 N–H and O–H groups in total. The van der Waals surface area contributed by atoms with E-state index in [1.165, 1.54) is 6.07 Å². The molecule has 53 heavy (non-hydrogen) atoms. The molecule has 0 atom stereocenters. The molecule has 0 bridgehead atoms. The summed E-state index contributed by atoms with van der Waals surface area (Å²) in [6.45, 7) is 0. The fraction of sp³-hybridized carbons (Fsp3) is 0. The first-order valence-corrected chi connectivity index (χ1v) is 17.2. The van der Waals surface area contributed by atoms with Crippen molar-refractivity contribution in [2.24, 2.45) is 0 Å². The first kappa shape index (κ1) is 29.5. The summed E-state index contributed by atoms with van der Waals surface area (Å²) < 4.78 is 40.8. The van der Waals surface area contributed by atoms with Gasteiger partial charge in [0.05, 0.1) is 38.8 Å². The number of nitrogens with zero attached hydrogens (tertiary/aromatic N) is 5. The Morgan fingerprint density at radius 1 is 0.472 bits per heavy atom. The molecule has 6 nitrogen and oxygen atoms in total. The van der Waals surface area contributed by atoms with E-state index in [1.54, 1.807) is 30.6 Å². The van der Waals surface area contributed by atoms with Crippen LogP contribution in [-0.4, -0.2) is 24.1 Å². The smallest absolute Gasteiger partial charge is 0.135 e. The summed E-state index contributed by atoms with van der Waals surface area (Å²) >= 11 is 0. The topological polar surface area (TPSA) is 61.7 Å². The zero-order valence-corrected chi connectivity index (χ0v) is 27.8. The van der Waals surface area contributed by atoms with Crippen LogP contribution in [0.2, 0.25) is 0 Å². The Morgan fingerprint density at radius 2 is 1.11 bits per heavy atom. The molecule has 0 aliphatic carbocycles. The molecule has 0 aliphatic rings. The van der Waals surface area contributed by atoms with Gasteiger partial charge >= 0.3 is 0 Å². The van der Waals surface area contributed by atoms with E-state index in [0.29, 0.717) is 16.8 Å². The zero-order chi connectivity index (χ0) is 35.2. The number of fused-ring (bicyclic) bond motifs is 9. The summed E-state index contributed by atoms with van der Waals surface area (Å²) in [5, 5.41) is 3.97. The van der Waals surface area contributed by atoms with Crippen LogP contribution < -0.4 is 0 Å². The number of aromatic nitrogens is 5. The molecule has 11 aromatic rings. The van der Waals surface area contributed by atoms with E-state index < -0.39 is 11.6 Å². The van der Waals surface area contributed by atoms with Crippen molar-refractivity contribution in [2.75, 3.05) is 0 Å². The molecule has 6 heterocycles. The van der Waals surface area contributed by atoms with E-state index in [9.17, 15) is 4.39 Å². The van der Waals surface area contributed by atoms with Crippen molar-refractivity contribution < 1.29 is 13.2 Å². The highest BCUT2D eigenvalue weighted by Gasteiger charge is 2.21. The maximum atomic E-state index is 15.7. The highest BCUT2D eigenvalue weighted by molar-refractivity contribution is 6.12. The average molecular weight is 690 g/mol. The fourth-order valence-corrected chi connectivity index (χ4v) is 7.95. The van der Waals surface area contributed by atoms with Crippen LogP contribution in [0.1, 0.15) is 0 Å². The first-order chi connectivity index (χ1) is 26.1. The van der Waals surface area contributed by atoms with Crippen LogP contribution in [0.3, 0.4) is 0 Å². The second-order valence-corrected chi connectivity index (χ2v) is 13.2. The number of rotatable bonds is 4. The highest BCUT2D eigenvalue weighted by atomic mass is 19.1. The van der Waals surface area contributed by atoms with Gasteiger partial charge in [0.15, 0.2) is 0 Å². The molecule has 250 valence electrons. The van der Waals surface area contributed by atoms with Gasteiger partial charge < -0.3 is 13.6 Å². The largest absolute Gasteiger partial charge is 0.456 e. The van der Waals surface area contributed by atoms with Crippen molar-refractivity contribution in [3.8, 4) is 33.8 Å². The average Bonchev–Trinajstić information content (AvgIpc) is 3.85. The van der Waals surface area contributed by atoms with Crippen molar-refractivity contribution in [1.82, 2.24) is 24.1 Å². The standard InChI is InChI=1S/C45H25F2N5O/c46-27-22-32(36-8-3-4-18-48-36)43(35(47)23-27)26-12-15-37-33(21-26)44-39(9-5-19-49-44)51(37)28-13-16-38-34(25-28)45-40(10-6-20-50-45)52(38)29-14-17-42-31(24-29)30-7-1-2-11-41(30)53-42/h1-25H. The third-order valence-corrected chi connectivity index (χ3v) is 10.2. The van der Waals surface area contributed by atoms with E-state index in [-0.39, 0.29) is 5.56 Å². The summed E-state index contributed by atoms with van der Waals surface area (Å²) in [6, 6.07) is 42.2. The van der Waals surface area contributed by atoms with Crippen molar-refractivity contribution in [1.29, 1.82) is 0 Å². The fourth-order valence-electron chi connectivity index (χ4n) is 7.95. The Balaban J connectivity index is 1.12. The highest BCUT2D eigenvalue weighted by Crippen LogP contribution is 2.40. The lowest BCUT2D eigenvalue weighted by Crippen LogP contribution is -1.96. The van der Waals surface area contributed by atoms with Gasteiger partial charge in [-0.25, -0.2) is 8.78 Å². The van der Waals surface area contributed by atoms with E-state index in [1.807, 2.05) is 66.9 Å². The summed E-state index contributed by atoms with van der Waals surface area (Å²) in [5.74, 6) is -1.32. The molecule has 0 saturated carbocycles. The van der Waals surface area contributed by atoms with Gasteiger partial charge in [-0.1, -0.05) is 30.3 Å². The van der Waals surface area contributed by atoms with Gasteiger partial charge in [0.1, 0.15) is 22.8 Å². The van der Waals surface area contributed by atoms with E-state index >= 15 is 4.39 Å². The Kier molecular flexibility index (Phi) is 6.22. The van der Waals surface area contributed by atoms with Crippen molar-refractivity contribution in [3.63, 3.8) is 0 Å². The predicted octanol–water partition coefficient (Wildman–Crippen LogP) is 11.6. The molecule has 0 spiro atoms. The van der Waals surface area contributed by atoms with E-state index in [2.05, 4.69) is 56.6 Å². The maximum absolute atomic E-state index is 15.7. The van der Waals surface area contributed by atoms with Crippen LogP contribution >= 0.6 is 0 Å². The van der Waals surface area contributed by atoms with Crippen LogP contribution in [0.15, 0.2) is 156 Å². The Labute approximate surface area is 299 Å². The van der Waals surface area contributed by atoms with E-state index in [4.69, 9.17) is 14.4 Å². The van der Waals surface area contributed by atoms with Crippen LogP contribution in [0, 0.1) is 11.6 Å². The molecule has 0 unspecified atom stereocenters. The molecule has 0 amide bonds. The Morgan fingerprint density at radius 3 is 1.87 bits per heavy atom. The molecule has 0 radical (unpaired) electrons. The minimum atomic E-state index is -0.659. The van der Waals surface area contributed by atoms with Gasteiger partial charge in [-0.2, -0.15) is 0 Å². The Bertz CT molecular complexity index is 3270. The number of benzene rings is 5. The van der Waals surface area contributed by atoms with Crippen LogP contribution in [0.4, 0.5) is 8.78 Å². The van der Waals surface area contributed by atoms with Crippen molar-refractivity contribution in [3.05, 3.63) is 164 Å².